The van der Waals surface area contributed by atoms with E-state index in [-0.39, 0.29) is 5.88 Å². The Morgan fingerprint density at radius 3 is 2.54 bits per heavy atom. The number of alkyl halides is 1. The van der Waals surface area contributed by atoms with Crippen LogP contribution < -0.4 is 0 Å². The molecule has 0 saturated carbocycles. The largest absolute Gasteiger partial charge is 0.388 e. The molecule has 0 fully saturated rings. The number of hydrogen-bond donors (Lipinski definition) is 1. The van der Waals surface area contributed by atoms with Crippen LogP contribution in [0.15, 0.2) is 18.2 Å². The maximum absolute atomic E-state index is 12.7. The molecular weight excluding hydrogens is 198 g/mol. The predicted molar refractivity (Wildman–Crippen MR) is 46.7 cm³/mol. The third-order valence-electron chi connectivity index (χ3n) is 1.71. The van der Waals surface area contributed by atoms with Crippen molar-refractivity contribution in [3.05, 3.63) is 35.4 Å². The fourth-order valence-corrected chi connectivity index (χ4v) is 1.20. The van der Waals surface area contributed by atoms with Crippen molar-refractivity contribution in [2.45, 2.75) is 12.5 Å². The molecule has 1 rings (SSSR count). The molecule has 0 spiro atoms. The summed E-state index contributed by atoms with van der Waals surface area (Å²) in [5.74, 6) is -1.59. The molecule has 0 aromatic heterocycles. The van der Waals surface area contributed by atoms with Crippen molar-refractivity contribution in [3.63, 3.8) is 0 Å². The lowest BCUT2D eigenvalue weighted by molar-refractivity contribution is 0.174. The second-order valence-corrected chi connectivity index (χ2v) is 3.04. The molecule has 0 unspecified atom stereocenters. The minimum atomic E-state index is -0.953. The van der Waals surface area contributed by atoms with Crippen LogP contribution in [-0.4, -0.2) is 11.0 Å². The zero-order valence-electron chi connectivity index (χ0n) is 6.80. The standard InChI is InChI=1S/C9H9ClF2O/c10-4-3-9(13)6-1-2-7(11)8(12)5-6/h1-2,5,9,13H,3-4H2/t9-/m1/s1. The molecule has 0 amide bonds. The Kier molecular flexibility index (Phi) is 3.63. The minimum absolute atomic E-state index is 0.278. The third-order valence-corrected chi connectivity index (χ3v) is 1.93. The predicted octanol–water partition coefficient (Wildman–Crippen LogP) is 2.63. The van der Waals surface area contributed by atoms with Crippen LogP contribution in [0.4, 0.5) is 8.78 Å². The van der Waals surface area contributed by atoms with E-state index in [4.69, 9.17) is 11.6 Å². The molecule has 0 aliphatic heterocycles. The Balaban J connectivity index is 2.84. The molecule has 1 nitrogen and oxygen atoms in total. The van der Waals surface area contributed by atoms with E-state index in [2.05, 4.69) is 0 Å². The number of aliphatic hydroxyl groups excluding tert-OH is 1. The number of halogens is 3. The van der Waals surface area contributed by atoms with E-state index >= 15 is 0 Å². The SMILES string of the molecule is O[C@H](CCCl)c1ccc(F)c(F)c1. The Labute approximate surface area is 80.0 Å². The molecule has 1 atom stereocenters. The molecule has 13 heavy (non-hydrogen) atoms. The van der Waals surface area contributed by atoms with Crippen LogP contribution in [0.2, 0.25) is 0 Å². The van der Waals surface area contributed by atoms with Gasteiger partial charge in [-0.1, -0.05) is 6.07 Å². The zero-order chi connectivity index (χ0) is 9.84. The summed E-state index contributed by atoms with van der Waals surface area (Å²) in [5.41, 5.74) is 0.347. The van der Waals surface area contributed by atoms with Gasteiger partial charge < -0.3 is 5.11 Å². The van der Waals surface area contributed by atoms with Gasteiger partial charge in [0, 0.05) is 5.88 Å². The van der Waals surface area contributed by atoms with E-state index in [0.29, 0.717) is 12.0 Å². The first kappa shape index (κ1) is 10.4. The van der Waals surface area contributed by atoms with Crippen molar-refractivity contribution < 1.29 is 13.9 Å². The van der Waals surface area contributed by atoms with Gasteiger partial charge in [0.1, 0.15) is 0 Å². The zero-order valence-corrected chi connectivity index (χ0v) is 7.56. The summed E-state index contributed by atoms with van der Waals surface area (Å²) < 4.78 is 25.1. The van der Waals surface area contributed by atoms with E-state index in [9.17, 15) is 13.9 Å². The van der Waals surface area contributed by atoms with Gasteiger partial charge in [-0.05, 0) is 24.1 Å². The summed E-state index contributed by atoms with van der Waals surface area (Å²) in [6.07, 6.45) is -0.500. The highest BCUT2D eigenvalue weighted by Crippen LogP contribution is 2.19. The Morgan fingerprint density at radius 2 is 2.00 bits per heavy atom. The number of hydrogen-bond acceptors (Lipinski definition) is 1. The van der Waals surface area contributed by atoms with Crippen molar-refractivity contribution >= 4 is 11.6 Å². The lowest BCUT2D eigenvalue weighted by Crippen LogP contribution is -1.99. The number of aliphatic hydroxyl groups is 1. The minimum Gasteiger partial charge on any atom is -0.388 e. The monoisotopic (exact) mass is 206 g/mol. The highest BCUT2D eigenvalue weighted by atomic mass is 35.5. The van der Waals surface area contributed by atoms with Gasteiger partial charge in [0.05, 0.1) is 6.10 Å². The average molecular weight is 207 g/mol. The first-order valence-corrected chi connectivity index (χ1v) is 4.37. The molecule has 0 bridgehead atoms. The van der Waals surface area contributed by atoms with Gasteiger partial charge in [0.2, 0.25) is 0 Å². The van der Waals surface area contributed by atoms with Crippen LogP contribution in [0.25, 0.3) is 0 Å². The number of rotatable bonds is 3. The van der Waals surface area contributed by atoms with Crippen LogP contribution in [0.5, 0.6) is 0 Å². The summed E-state index contributed by atoms with van der Waals surface area (Å²) in [7, 11) is 0. The molecule has 1 aromatic carbocycles. The fraction of sp³-hybridized carbons (Fsp3) is 0.333. The lowest BCUT2D eigenvalue weighted by Gasteiger charge is -2.08. The summed E-state index contributed by atoms with van der Waals surface area (Å²) in [6, 6.07) is 3.31. The first-order valence-electron chi connectivity index (χ1n) is 3.84. The van der Waals surface area contributed by atoms with Crippen molar-refractivity contribution in [2.24, 2.45) is 0 Å². The second-order valence-electron chi connectivity index (χ2n) is 2.67. The van der Waals surface area contributed by atoms with Gasteiger partial charge in [-0.2, -0.15) is 0 Å². The Bertz CT molecular complexity index is 291. The normalized spacial score (nSPS) is 12.9. The second kappa shape index (κ2) is 4.53. The van der Waals surface area contributed by atoms with Gasteiger partial charge in [0.25, 0.3) is 0 Å². The van der Waals surface area contributed by atoms with Gasteiger partial charge in [-0.3, -0.25) is 0 Å². The van der Waals surface area contributed by atoms with Crippen molar-refractivity contribution in [2.75, 3.05) is 5.88 Å². The van der Waals surface area contributed by atoms with Crippen LogP contribution in [0.1, 0.15) is 18.1 Å². The molecule has 1 N–H and O–H groups in total. The van der Waals surface area contributed by atoms with Gasteiger partial charge in [-0.15, -0.1) is 11.6 Å². The maximum Gasteiger partial charge on any atom is 0.159 e. The van der Waals surface area contributed by atoms with E-state index in [0.717, 1.165) is 12.1 Å². The van der Waals surface area contributed by atoms with Gasteiger partial charge in [-0.25, -0.2) is 8.78 Å². The van der Waals surface area contributed by atoms with E-state index in [1.807, 2.05) is 0 Å². The molecule has 0 radical (unpaired) electrons. The van der Waals surface area contributed by atoms with Crippen LogP contribution in [-0.2, 0) is 0 Å². The molecule has 0 aliphatic carbocycles. The summed E-state index contributed by atoms with van der Waals surface area (Å²) in [6.45, 7) is 0. The molecule has 0 saturated heterocycles. The van der Waals surface area contributed by atoms with E-state index < -0.39 is 17.7 Å². The average Bonchev–Trinajstić information content (AvgIpc) is 2.10. The number of benzene rings is 1. The fourth-order valence-electron chi connectivity index (χ4n) is 0.990. The highest BCUT2D eigenvalue weighted by molar-refractivity contribution is 6.17. The van der Waals surface area contributed by atoms with E-state index in [1.54, 1.807) is 0 Å². The highest BCUT2D eigenvalue weighted by Gasteiger charge is 2.09. The summed E-state index contributed by atoms with van der Waals surface area (Å²) in [5, 5.41) is 9.36. The van der Waals surface area contributed by atoms with Crippen LogP contribution in [0, 0.1) is 11.6 Å². The molecule has 0 heterocycles. The molecule has 1 aromatic rings. The quantitative estimate of drug-likeness (QED) is 0.754. The van der Waals surface area contributed by atoms with Crippen molar-refractivity contribution in [1.82, 2.24) is 0 Å². The lowest BCUT2D eigenvalue weighted by atomic mass is 10.1. The molecule has 4 heteroatoms. The smallest absolute Gasteiger partial charge is 0.159 e. The summed E-state index contributed by atoms with van der Waals surface area (Å²) in [4.78, 5) is 0. The molecular formula is C9H9ClF2O. The van der Waals surface area contributed by atoms with Gasteiger partial charge >= 0.3 is 0 Å². The van der Waals surface area contributed by atoms with Crippen LogP contribution in [0.3, 0.4) is 0 Å². The van der Waals surface area contributed by atoms with Crippen molar-refractivity contribution in [3.8, 4) is 0 Å². The maximum atomic E-state index is 12.7. The topological polar surface area (TPSA) is 20.2 Å². The Hall–Kier alpha value is -0.670. The van der Waals surface area contributed by atoms with E-state index in [1.165, 1.54) is 6.07 Å². The molecule has 0 aliphatic rings. The first-order chi connectivity index (χ1) is 6.15. The van der Waals surface area contributed by atoms with Crippen molar-refractivity contribution in [1.29, 1.82) is 0 Å². The Morgan fingerprint density at radius 1 is 1.31 bits per heavy atom. The summed E-state index contributed by atoms with van der Waals surface area (Å²) >= 11 is 5.39. The molecule has 72 valence electrons. The van der Waals surface area contributed by atoms with Gasteiger partial charge in [0.15, 0.2) is 11.6 Å². The van der Waals surface area contributed by atoms with Crippen LogP contribution >= 0.6 is 11.6 Å². The third kappa shape index (κ3) is 2.64.